The van der Waals surface area contributed by atoms with E-state index in [2.05, 4.69) is 4.74 Å². The third kappa shape index (κ3) is 2.91. The van der Waals surface area contributed by atoms with Gasteiger partial charge in [-0.15, -0.1) is 0 Å². The number of nitrogens with zero attached hydrogens (tertiary/aromatic N) is 1. The van der Waals surface area contributed by atoms with Crippen molar-refractivity contribution < 1.29 is 19.0 Å². The molecule has 7 heteroatoms. The lowest BCUT2D eigenvalue weighted by Gasteiger charge is -2.16. The van der Waals surface area contributed by atoms with Gasteiger partial charge in [0.15, 0.2) is 5.75 Å². The molecule has 0 aliphatic heterocycles. The number of hydrogen-bond donors (Lipinski definition) is 2. The number of carbonyl (C=O) groups is 1. The second-order valence-corrected chi connectivity index (χ2v) is 6.73. The van der Waals surface area contributed by atoms with Gasteiger partial charge in [-0.3, -0.25) is 9.20 Å². The van der Waals surface area contributed by atoms with Gasteiger partial charge < -0.3 is 15.6 Å². The number of hydrogen-bond acceptors (Lipinski definition) is 4. The van der Waals surface area contributed by atoms with Crippen LogP contribution in [0, 0.1) is 12.7 Å². The largest absolute Gasteiger partial charge is 0.511 e. The third-order valence-corrected chi connectivity index (χ3v) is 4.86. The molecule has 1 aliphatic rings. The smallest absolute Gasteiger partial charge is 0.449 e. The summed E-state index contributed by atoms with van der Waals surface area (Å²) in [5.41, 5.74) is 8.63. The summed E-state index contributed by atoms with van der Waals surface area (Å²) in [6, 6.07) is 8.32. The molecule has 1 saturated carbocycles. The van der Waals surface area contributed by atoms with Gasteiger partial charge in [0.2, 0.25) is 0 Å². The molecule has 2 heterocycles. The van der Waals surface area contributed by atoms with Crippen LogP contribution in [-0.4, -0.2) is 15.7 Å². The fraction of sp³-hybridized carbons (Fsp3) is 0.200. The molecule has 3 aromatic rings. The fourth-order valence-electron chi connectivity index (χ4n) is 3.50. The third-order valence-electron chi connectivity index (χ3n) is 4.86. The molecule has 27 heavy (non-hydrogen) atoms. The molecule has 0 unspecified atom stereocenters. The van der Waals surface area contributed by atoms with E-state index in [4.69, 9.17) is 10.8 Å². The zero-order valence-corrected chi connectivity index (χ0v) is 14.5. The van der Waals surface area contributed by atoms with Crippen LogP contribution in [0.1, 0.15) is 29.9 Å². The van der Waals surface area contributed by atoms with Crippen molar-refractivity contribution in [3.8, 4) is 16.9 Å². The highest BCUT2D eigenvalue weighted by Crippen LogP contribution is 2.44. The van der Waals surface area contributed by atoms with E-state index >= 15 is 0 Å². The summed E-state index contributed by atoms with van der Waals surface area (Å²) >= 11 is 0. The first-order valence-corrected chi connectivity index (χ1v) is 8.52. The summed E-state index contributed by atoms with van der Waals surface area (Å²) in [5, 5.41) is 8.88. The Morgan fingerprint density at radius 2 is 1.96 bits per heavy atom. The molecule has 0 radical (unpaired) electrons. The summed E-state index contributed by atoms with van der Waals surface area (Å²) in [6.07, 6.45) is 1.37. The predicted molar refractivity (Wildman–Crippen MR) is 98.8 cm³/mol. The summed E-state index contributed by atoms with van der Waals surface area (Å²) in [4.78, 5) is 23.5. The molecule has 4 rings (SSSR count). The molecular weight excluding hydrogens is 351 g/mol. The number of aromatic nitrogens is 1. The number of rotatable bonds is 3. The molecular formula is C20H17FN2O4. The molecule has 1 aliphatic carbocycles. The number of fused-ring (bicyclic) bond motifs is 1. The van der Waals surface area contributed by atoms with E-state index in [1.165, 1.54) is 6.07 Å². The van der Waals surface area contributed by atoms with Gasteiger partial charge in [-0.05, 0) is 60.6 Å². The number of ether oxygens (including phenoxy) is 1. The van der Waals surface area contributed by atoms with Crippen LogP contribution < -0.4 is 16.0 Å². The zero-order valence-electron chi connectivity index (χ0n) is 14.5. The second kappa shape index (κ2) is 6.12. The molecule has 2 aromatic heterocycles. The van der Waals surface area contributed by atoms with Crippen LogP contribution in [0.2, 0.25) is 0 Å². The van der Waals surface area contributed by atoms with Crippen molar-refractivity contribution in [3.63, 3.8) is 0 Å². The van der Waals surface area contributed by atoms with Crippen molar-refractivity contribution in [2.75, 3.05) is 5.73 Å². The number of aryl methyl sites for hydroxylation is 1. The van der Waals surface area contributed by atoms with E-state index in [0.29, 0.717) is 27.9 Å². The minimum atomic E-state index is -1.58. The van der Waals surface area contributed by atoms with E-state index in [-0.39, 0.29) is 11.7 Å². The number of anilines is 1. The standard InChI is InChI=1S/C20H17FN2O4/c1-10-17(12-4-6-13(22)7-5-12)15(21)9-23-18(10)14(11-2-3-11)8-16(19(23)24)27-20(25)26/h4-9,11H,2-3,22H2,1H3,(H,25,26). The topological polar surface area (TPSA) is 94.0 Å². The lowest BCUT2D eigenvalue weighted by molar-refractivity contribution is 0.143. The van der Waals surface area contributed by atoms with Gasteiger partial charge >= 0.3 is 6.16 Å². The maximum atomic E-state index is 14.9. The summed E-state index contributed by atoms with van der Waals surface area (Å²) < 4.78 is 20.7. The number of halogens is 1. The Labute approximate surface area is 153 Å². The Kier molecular flexibility index (Phi) is 3.87. The quantitative estimate of drug-likeness (QED) is 0.540. The number of nitrogens with two attached hydrogens (primary N) is 1. The highest BCUT2D eigenvalue weighted by Gasteiger charge is 2.29. The zero-order chi connectivity index (χ0) is 19.3. The van der Waals surface area contributed by atoms with Crippen LogP contribution in [0.3, 0.4) is 0 Å². The lowest BCUT2D eigenvalue weighted by atomic mass is 9.96. The Bertz CT molecular complexity index is 1130. The first kappa shape index (κ1) is 17.1. The maximum Gasteiger partial charge on any atom is 0.511 e. The average Bonchev–Trinajstić information content (AvgIpc) is 3.44. The van der Waals surface area contributed by atoms with Crippen molar-refractivity contribution in [3.05, 3.63) is 63.8 Å². The van der Waals surface area contributed by atoms with E-state index in [0.717, 1.165) is 29.0 Å². The van der Waals surface area contributed by atoms with Crippen molar-refractivity contribution in [2.24, 2.45) is 0 Å². The Hall–Kier alpha value is -3.35. The molecule has 1 aromatic carbocycles. The van der Waals surface area contributed by atoms with Crippen molar-refractivity contribution in [1.29, 1.82) is 0 Å². The lowest BCUT2D eigenvalue weighted by Crippen LogP contribution is -2.21. The highest BCUT2D eigenvalue weighted by molar-refractivity contribution is 5.79. The van der Waals surface area contributed by atoms with Crippen LogP contribution in [-0.2, 0) is 0 Å². The summed E-state index contributed by atoms with van der Waals surface area (Å²) in [5.74, 6) is -0.706. The van der Waals surface area contributed by atoms with Gasteiger partial charge in [0.25, 0.3) is 5.56 Å². The minimum absolute atomic E-state index is 0.195. The monoisotopic (exact) mass is 368 g/mol. The number of carboxylic acid groups (broad SMARTS) is 1. The Morgan fingerprint density at radius 1 is 1.30 bits per heavy atom. The SMILES string of the molecule is Cc1c(-c2ccc(N)cc2)c(F)cn2c(=O)c(OC(=O)O)cc(C3CC3)c12. The van der Waals surface area contributed by atoms with Gasteiger partial charge in [0, 0.05) is 17.4 Å². The van der Waals surface area contributed by atoms with Crippen molar-refractivity contribution in [2.45, 2.75) is 25.7 Å². The average molecular weight is 368 g/mol. The molecule has 3 N–H and O–H groups in total. The number of nitrogen functional groups attached to an aromatic ring is 1. The van der Waals surface area contributed by atoms with Crippen LogP contribution in [0.15, 0.2) is 41.3 Å². The predicted octanol–water partition coefficient (Wildman–Crippen LogP) is 3.93. The maximum absolute atomic E-state index is 14.9. The Balaban J connectivity index is 2.05. The Morgan fingerprint density at radius 3 is 2.56 bits per heavy atom. The van der Waals surface area contributed by atoms with E-state index in [9.17, 15) is 14.0 Å². The molecule has 1 fully saturated rings. The summed E-state index contributed by atoms with van der Waals surface area (Å²) in [6.45, 7) is 1.76. The van der Waals surface area contributed by atoms with Crippen LogP contribution in [0.25, 0.3) is 16.6 Å². The molecule has 0 bridgehead atoms. The molecule has 0 saturated heterocycles. The normalized spacial score (nSPS) is 13.7. The van der Waals surface area contributed by atoms with Crippen LogP contribution in [0.4, 0.5) is 14.9 Å². The van der Waals surface area contributed by atoms with E-state index in [1.807, 2.05) is 0 Å². The van der Waals surface area contributed by atoms with Crippen molar-refractivity contribution >= 4 is 17.4 Å². The van der Waals surface area contributed by atoms with Crippen LogP contribution >= 0.6 is 0 Å². The number of benzene rings is 1. The van der Waals surface area contributed by atoms with E-state index in [1.54, 1.807) is 31.2 Å². The minimum Gasteiger partial charge on any atom is -0.449 e. The molecule has 0 atom stereocenters. The van der Waals surface area contributed by atoms with Crippen LogP contribution in [0.5, 0.6) is 5.75 Å². The second-order valence-electron chi connectivity index (χ2n) is 6.73. The molecule has 138 valence electrons. The van der Waals surface area contributed by atoms with Crippen molar-refractivity contribution in [1.82, 2.24) is 4.40 Å². The fourth-order valence-corrected chi connectivity index (χ4v) is 3.50. The first-order chi connectivity index (χ1) is 12.9. The molecule has 0 amide bonds. The molecule has 0 spiro atoms. The van der Waals surface area contributed by atoms with E-state index < -0.39 is 17.5 Å². The first-order valence-electron chi connectivity index (χ1n) is 8.52. The van der Waals surface area contributed by atoms with Gasteiger partial charge in [-0.1, -0.05) is 12.1 Å². The van der Waals surface area contributed by atoms with Gasteiger partial charge in [-0.2, -0.15) is 0 Å². The van der Waals surface area contributed by atoms with Gasteiger partial charge in [-0.25, -0.2) is 9.18 Å². The highest BCUT2D eigenvalue weighted by atomic mass is 19.1. The van der Waals surface area contributed by atoms with Gasteiger partial charge in [0.05, 0.1) is 5.52 Å². The number of pyridine rings is 2. The molecule has 6 nitrogen and oxygen atoms in total. The summed E-state index contributed by atoms with van der Waals surface area (Å²) in [7, 11) is 0. The van der Waals surface area contributed by atoms with Gasteiger partial charge in [0.1, 0.15) is 5.82 Å².